The fourth-order valence-corrected chi connectivity index (χ4v) is 5.81. The maximum atomic E-state index is 13.4. The van der Waals surface area contributed by atoms with Crippen molar-refractivity contribution in [2.75, 3.05) is 26.2 Å². The van der Waals surface area contributed by atoms with Crippen molar-refractivity contribution in [2.24, 2.45) is 10.9 Å². The van der Waals surface area contributed by atoms with Crippen molar-refractivity contribution in [2.45, 2.75) is 44.0 Å². The molecule has 11 nitrogen and oxygen atoms in total. The molecule has 0 aliphatic carbocycles. The smallest absolute Gasteiger partial charge is 0.326 e. The number of aliphatic imine (C=N–C) groups is 1. The second-order valence-electron chi connectivity index (χ2n) is 10.6. The van der Waals surface area contributed by atoms with Crippen LogP contribution in [-0.4, -0.2) is 64.4 Å². The van der Waals surface area contributed by atoms with Gasteiger partial charge in [0.15, 0.2) is 5.96 Å². The molecule has 0 aromatic heterocycles. The minimum atomic E-state index is -4.16. The lowest BCUT2D eigenvalue weighted by molar-refractivity contribution is -0.146. The Morgan fingerprint density at radius 3 is 2.47 bits per heavy atom. The van der Waals surface area contributed by atoms with Gasteiger partial charge in [0.25, 0.3) is 5.91 Å². The molecule has 0 saturated heterocycles. The number of nitrogens with zero attached hydrogens (tertiary/aromatic N) is 1. The van der Waals surface area contributed by atoms with Crippen molar-refractivity contribution in [3.05, 3.63) is 77.9 Å². The average Bonchev–Trinajstić information content (AvgIpc) is 3.01. The van der Waals surface area contributed by atoms with Crippen LogP contribution in [0.15, 0.2) is 76.6 Å². The van der Waals surface area contributed by atoms with Crippen LogP contribution in [0.3, 0.4) is 0 Å². The molecule has 1 atom stereocenters. The number of benzene rings is 3. The van der Waals surface area contributed by atoms with E-state index in [0.717, 1.165) is 23.9 Å². The fourth-order valence-electron chi connectivity index (χ4n) is 4.39. The Balaban J connectivity index is 1.38. The third-order valence-electron chi connectivity index (χ3n) is 6.66. The van der Waals surface area contributed by atoms with Gasteiger partial charge >= 0.3 is 5.97 Å². The third kappa shape index (κ3) is 9.10. The van der Waals surface area contributed by atoms with Crippen molar-refractivity contribution >= 4 is 44.5 Å². The molecular weight excluding hydrogens is 570 g/mol. The fraction of sp³-hybridized carbons (Fsp3) is 0.355. The summed E-state index contributed by atoms with van der Waals surface area (Å²) in [4.78, 5) is 42.3. The minimum absolute atomic E-state index is 0.0193. The summed E-state index contributed by atoms with van der Waals surface area (Å²) in [6.07, 6.45) is 1.66. The number of hydrogen-bond acceptors (Lipinski definition) is 8. The zero-order valence-corrected chi connectivity index (χ0v) is 25.1. The van der Waals surface area contributed by atoms with E-state index in [1.165, 1.54) is 6.07 Å². The normalized spacial score (nSPS) is 14.0. The number of aryl methyl sites for hydroxylation is 1. The lowest BCUT2D eigenvalue weighted by atomic mass is 10.1. The number of rotatable bonds is 12. The van der Waals surface area contributed by atoms with Crippen LogP contribution in [0.1, 0.15) is 42.6 Å². The summed E-state index contributed by atoms with van der Waals surface area (Å²) in [5.74, 6) is -0.904. The van der Waals surface area contributed by atoms with Crippen molar-refractivity contribution in [1.29, 1.82) is 0 Å². The average molecular weight is 608 g/mol. The lowest BCUT2D eigenvalue weighted by Gasteiger charge is -2.20. The molecule has 0 fully saturated rings. The van der Waals surface area contributed by atoms with Crippen LogP contribution in [0, 0.1) is 5.92 Å². The van der Waals surface area contributed by atoms with E-state index in [-0.39, 0.29) is 36.3 Å². The van der Waals surface area contributed by atoms with Crippen molar-refractivity contribution in [3.8, 4) is 0 Å². The largest absolute Gasteiger partial charge is 0.464 e. The third-order valence-corrected chi connectivity index (χ3v) is 8.19. The van der Waals surface area contributed by atoms with Gasteiger partial charge < -0.3 is 15.4 Å². The van der Waals surface area contributed by atoms with Gasteiger partial charge in [-0.1, -0.05) is 62.4 Å². The van der Waals surface area contributed by atoms with E-state index in [0.29, 0.717) is 29.9 Å². The quantitative estimate of drug-likeness (QED) is 0.231. The van der Waals surface area contributed by atoms with Crippen LogP contribution in [0.25, 0.3) is 10.8 Å². The summed E-state index contributed by atoms with van der Waals surface area (Å²) in [5.41, 5.74) is 1.18. The number of hydrogen-bond donors (Lipinski definition) is 4. The molecule has 4 rings (SSSR count). The van der Waals surface area contributed by atoms with Crippen LogP contribution >= 0.6 is 0 Å². The SMILES string of the molecule is CC(C)COC(=O)C(CNC(=O)c1ccc(CCC(=O)NC2=NCCCN2)cc1)NS(=O)(=O)c1cccc2ccccc12. The zero-order valence-electron chi connectivity index (χ0n) is 24.3. The summed E-state index contributed by atoms with van der Waals surface area (Å²) < 4.78 is 34.6. The molecule has 228 valence electrons. The first-order chi connectivity index (χ1) is 20.6. The van der Waals surface area contributed by atoms with Crippen LogP contribution < -0.4 is 20.7 Å². The van der Waals surface area contributed by atoms with Gasteiger partial charge in [-0.2, -0.15) is 4.72 Å². The molecular formula is C31H37N5O6S. The molecule has 12 heteroatoms. The molecule has 0 spiro atoms. The minimum Gasteiger partial charge on any atom is -0.464 e. The van der Waals surface area contributed by atoms with E-state index in [4.69, 9.17) is 4.74 Å². The molecule has 0 bridgehead atoms. The lowest BCUT2D eigenvalue weighted by Crippen LogP contribution is -2.49. The number of nitrogens with one attached hydrogen (secondary N) is 4. The predicted octanol–water partition coefficient (Wildman–Crippen LogP) is 2.51. The van der Waals surface area contributed by atoms with Gasteiger partial charge in [-0.3, -0.25) is 24.7 Å². The molecule has 0 saturated carbocycles. The van der Waals surface area contributed by atoms with Gasteiger partial charge in [0.1, 0.15) is 6.04 Å². The summed E-state index contributed by atoms with van der Waals surface area (Å²) in [6.45, 7) is 4.97. The number of amides is 2. The maximum absolute atomic E-state index is 13.4. The molecule has 1 aliphatic rings. The van der Waals surface area contributed by atoms with E-state index in [9.17, 15) is 22.8 Å². The summed E-state index contributed by atoms with van der Waals surface area (Å²) in [7, 11) is -4.16. The molecule has 1 unspecified atom stereocenters. The predicted molar refractivity (Wildman–Crippen MR) is 164 cm³/mol. The van der Waals surface area contributed by atoms with E-state index >= 15 is 0 Å². The molecule has 1 heterocycles. The van der Waals surface area contributed by atoms with Crippen molar-refractivity contribution < 1.29 is 27.5 Å². The Bertz CT molecular complexity index is 1580. The molecule has 2 amide bonds. The van der Waals surface area contributed by atoms with Crippen LogP contribution in [0.2, 0.25) is 0 Å². The topological polar surface area (TPSA) is 155 Å². The van der Waals surface area contributed by atoms with Crippen molar-refractivity contribution in [1.82, 2.24) is 20.7 Å². The second-order valence-corrected chi connectivity index (χ2v) is 12.3. The van der Waals surface area contributed by atoms with Gasteiger partial charge in [0, 0.05) is 37.0 Å². The highest BCUT2D eigenvalue weighted by atomic mass is 32.2. The number of carbonyl (C=O) groups is 3. The molecule has 1 aliphatic heterocycles. The Hall–Kier alpha value is -4.29. The Morgan fingerprint density at radius 1 is 1.00 bits per heavy atom. The molecule has 4 N–H and O–H groups in total. The van der Waals surface area contributed by atoms with Crippen molar-refractivity contribution in [3.63, 3.8) is 0 Å². The number of esters is 1. The van der Waals surface area contributed by atoms with E-state index in [2.05, 4.69) is 25.7 Å². The van der Waals surface area contributed by atoms with Gasteiger partial charge in [-0.25, -0.2) is 8.42 Å². The molecule has 3 aromatic carbocycles. The van der Waals surface area contributed by atoms with Crippen LogP contribution in [-0.2, 0) is 30.8 Å². The Labute approximate surface area is 251 Å². The zero-order chi connectivity index (χ0) is 30.8. The molecule has 3 aromatic rings. The summed E-state index contributed by atoms with van der Waals surface area (Å²) >= 11 is 0. The van der Waals surface area contributed by atoms with E-state index < -0.39 is 27.9 Å². The number of carbonyl (C=O) groups excluding carboxylic acids is 3. The van der Waals surface area contributed by atoms with E-state index in [1.54, 1.807) is 54.6 Å². The summed E-state index contributed by atoms with van der Waals surface area (Å²) in [5, 5.41) is 9.68. The molecule has 0 radical (unpaired) electrons. The maximum Gasteiger partial charge on any atom is 0.326 e. The van der Waals surface area contributed by atoms with Gasteiger partial charge in [-0.15, -0.1) is 0 Å². The highest BCUT2D eigenvalue weighted by Gasteiger charge is 2.29. The summed E-state index contributed by atoms with van der Waals surface area (Å²) in [6, 6.07) is 17.3. The highest BCUT2D eigenvalue weighted by Crippen LogP contribution is 2.23. The monoisotopic (exact) mass is 607 g/mol. The standard InChI is InChI=1S/C31H37N5O6S/c1-21(2)20-42-30(39)26(36-43(40,41)27-10-5-8-23-7-3-4-9-25(23)27)19-34-29(38)24-14-11-22(12-15-24)13-16-28(37)35-31-32-17-6-18-33-31/h3-5,7-12,14-15,21,26,36H,6,13,16-20H2,1-2H3,(H,34,38)(H2,32,33,35,37). The Kier molecular flexibility index (Phi) is 10.8. The second kappa shape index (κ2) is 14.7. The number of ether oxygens (including phenoxy) is 1. The first-order valence-electron chi connectivity index (χ1n) is 14.2. The highest BCUT2D eigenvalue weighted by molar-refractivity contribution is 7.89. The number of guanidine groups is 1. The van der Waals surface area contributed by atoms with Gasteiger partial charge in [0.2, 0.25) is 15.9 Å². The van der Waals surface area contributed by atoms with Crippen LogP contribution in [0.5, 0.6) is 0 Å². The van der Waals surface area contributed by atoms with Crippen LogP contribution in [0.4, 0.5) is 0 Å². The number of fused-ring (bicyclic) bond motifs is 1. The first-order valence-corrected chi connectivity index (χ1v) is 15.7. The van der Waals surface area contributed by atoms with Gasteiger partial charge in [-0.05, 0) is 47.9 Å². The Morgan fingerprint density at radius 2 is 1.74 bits per heavy atom. The number of sulfonamides is 1. The molecule has 43 heavy (non-hydrogen) atoms. The van der Waals surface area contributed by atoms with Gasteiger partial charge in [0.05, 0.1) is 11.5 Å². The van der Waals surface area contributed by atoms with E-state index in [1.807, 2.05) is 19.9 Å². The first kappa shape index (κ1) is 31.6.